The molecule has 2 amide bonds. The predicted molar refractivity (Wildman–Crippen MR) is 94.3 cm³/mol. The fourth-order valence-electron chi connectivity index (χ4n) is 4.49. The molecule has 3 aliphatic rings. The van der Waals surface area contributed by atoms with Crippen LogP contribution in [0.1, 0.15) is 43.7 Å². The molecule has 1 aromatic carbocycles. The average molecular weight is 342 g/mol. The number of amides is 2. The number of piperidine rings is 1. The molecule has 134 valence electrons. The van der Waals surface area contributed by atoms with Gasteiger partial charge in [-0.15, -0.1) is 0 Å². The lowest BCUT2D eigenvalue weighted by Gasteiger charge is -2.46. The van der Waals surface area contributed by atoms with E-state index in [4.69, 9.17) is 4.74 Å². The molecule has 3 fully saturated rings. The van der Waals surface area contributed by atoms with Gasteiger partial charge in [0.15, 0.2) is 0 Å². The average Bonchev–Trinajstić information content (AvgIpc) is 2.96. The number of alkyl carbamates (subject to hydrolysis) is 1. The summed E-state index contributed by atoms with van der Waals surface area (Å²) in [6.45, 7) is 6.45. The number of carbonyl (C=O) groups is 2. The van der Waals surface area contributed by atoms with Gasteiger partial charge >= 0.3 is 6.09 Å². The second-order valence-electron chi connectivity index (χ2n) is 8.34. The van der Waals surface area contributed by atoms with Crippen molar-refractivity contribution in [3.8, 4) is 0 Å². The van der Waals surface area contributed by atoms with Crippen LogP contribution in [0.2, 0.25) is 0 Å². The third kappa shape index (κ3) is 2.90. The second-order valence-corrected chi connectivity index (χ2v) is 8.34. The highest BCUT2D eigenvalue weighted by Crippen LogP contribution is 2.42. The zero-order valence-corrected chi connectivity index (χ0v) is 15.0. The van der Waals surface area contributed by atoms with Crippen LogP contribution in [0.3, 0.4) is 0 Å². The van der Waals surface area contributed by atoms with Crippen molar-refractivity contribution in [1.82, 2.24) is 10.2 Å². The van der Waals surface area contributed by atoms with Gasteiger partial charge in [0.2, 0.25) is 5.91 Å². The molecule has 25 heavy (non-hydrogen) atoms. The summed E-state index contributed by atoms with van der Waals surface area (Å²) in [7, 11) is 0. The van der Waals surface area contributed by atoms with E-state index in [1.165, 1.54) is 11.1 Å². The Hall–Kier alpha value is -2.04. The molecule has 1 aromatic rings. The standard InChI is InChI=1S/C20H26N2O3/c1-14-3-5-16(6-4-14)19(2)7-9-22(10-8-19)17(23)15-11-20(12-15)13-25-18(24)21-20/h3-6,15H,7-13H2,1-2H3,(H,21,24)/t15-,20+. The number of carbonyl (C=O) groups excluding carboxylic acids is 2. The molecule has 4 rings (SSSR count). The van der Waals surface area contributed by atoms with Crippen LogP contribution in [0.15, 0.2) is 24.3 Å². The Bertz CT molecular complexity index is 683. The number of benzene rings is 1. The molecule has 5 nitrogen and oxygen atoms in total. The summed E-state index contributed by atoms with van der Waals surface area (Å²) in [5, 5.41) is 2.86. The van der Waals surface area contributed by atoms with Crippen LogP contribution in [0.25, 0.3) is 0 Å². The Labute approximate surface area is 148 Å². The quantitative estimate of drug-likeness (QED) is 0.899. The summed E-state index contributed by atoms with van der Waals surface area (Å²) in [6, 6.07) is 8.80. The van der Waals surface area contributed by atoms with E-state index in [1.54, 1.807) is 0 Å². The van der Waals surface area contributed by atoms with Gasteiger partial charge in [0.25, 0.3) is 0 Å². The monoisotopic (exact) mass is 342 g/mol. The number of ether oxygens (including phenoxy) is 1. The topological polar surface area (TPSA) is 58.6 Å². The van der Waals surface area contributed by atoms with Crippen LogP contribution in [0, 0.1) is 12.8 Å². The third-order valence-electron chi connectivity index (χ3n) is 6.40. The lowest BCUT2D eigenvalue weighted by atomic mass is 9.68. The minimum absolute atomic E-state index is 0.0331. The molecular formula is C20H26N2O3. The number of rotatable bonds is 2. The first-order valence-electron chi connectivity index (χ1n) is 9.20. The number of hydrogen-bond acceptors (Lipinski definition) is 3. The van der Waals surface area contributed by atoms with Crippen molar-refractivity contribution in [2.75, 3.05) is 19.7 Å². The molecule has 5 heteroatoms. The zero-order valence-electron chi connectivity index (χ0n) is 15.0. The van der Waals surface area contributed by atoms with Gasteiger partial charge in [-0.25, -0.2) is 4.79 Å². The van der Waals surface area contributed by atoms with Crippen molar-refractivity contribution < 1.29 is 14.3 Å². The maximum absolute atomic E-state index is 12.8. The Kier molecular flexibility index (Phi) is 3.78. The lowest BCUT2D eigenvalue weighted by molar-refractivity contribution is -0.142. The fourth-order valence-corrected chi connectivity index (χ4v) is 4.49. The highest BCUT2D eigenvalue weighted by molar-refractivity contribution is 5.81. The second kappa shape index (κ2) is 5.75. The SMILES string of the molecule is Cc1ccc(C2(C)CCN(C(=O)[C@H]3C[C@]4(COC(=O)N4)C3)CC2)cc1. The summed E-state index contributed by atoms with van der Waals surface area (Å²) < 4.78 is 4.99. The van der Waals surface area contributed by atoms with Crippen LogP contribution in [-0.2, 0) is 14.9 Å². The molecular weight excluding hydrogens is 316 g/mol. The van der Waals surface area contributed by atoms with Gasteiger partial charge in [0, 0.05) is 19.0 Å². The summed E-state index contributed by atoms with van der Waals surface area (Å²) in [5.41, 5.74) is 2.53. The number of aryl methyl sites for hydroxylation is 1. The molecule has 0 aromatic heterocycles. The van der Waals surface area contributed by atoms with Gasteiger partial charge in [-0.3, -0.25) is 4.79 Å². The number of nitrogens with one attached hydrogen (secondary N) is 1. The third-order valence-corrected chi connectivity index (χ3v) is 6.40. The van der Waals surface area contributed by atoms with Crippen molar-refractivity contribution in [2.45, 2.75) is 50.5 Å². The molecule has 0 unspecified atom stereocenters. The maximum atomic E-state index is 12.8. The zero-order chi connectivity index (χ0) is 17.7. The lowest BCUT2D eigenvalue weighted by Crippen LogP contribution is -2.59. The molecule has 1 spiro atoms. The number of nitrogens with zero attached hydrogens (tertiary/aromatic N) is 1. The minimum Gasteiger partial charge on any atom is -0.447 e. The van der Waals surface area contributed by atoms with Crippen molar-refractivity contribution in [3.05, 3.63) is 35.4 Å². The molecule has 2 aliphatic heterocycles. The van der Waals surface area contributed by atoms with E-state index in [1.807, 2.05) is 4.90 Å². The number of hydrogen-bond donors (Lipinski definition) is 1. The number of likely N-dealkylation sites (tertiary alicyclic amines) is 1. The molecule has 0 radical (unpaired) electrons. The Morgan fingerprint density at radius 1 is 1.20 bits per heavy atom. The van der Waals surface area contributed by atoms with E-state index in [9.17, 15) is 9.59 Å². The first-order valence-corrected chi connectivity index (χ1v) is 9.20. The van der Waals surface area contributed by atoms with Gasteiger partial charge in [0.05, 0.1) is 5.54 Å². The van der Waals surface area contributed by atoms with Crippen molar-refractivity contribution in [2.24, 2.45) is 5.92 Å². The van der Waals surface area contributed by atoms with E-state index < -0.39 is 0 Å². The van der Waals surface area contributed by atoms with Gasteiger partial charge in [-0.1, -0.05) is 36.8 Å². The number of cyclic esters (lactones) is 1. The van der Waals surface area contributed by atoms with Crippen molar-refractivity contribution in [1.29, 1.82) is 0 Å². The fraction of sp³-hybridized carbons (Fsp3) is 0.600. The van der Waals surface area contributed by atoms with Gasteiger partial charge in [-0.2, -0.15) is 0 Å². The normalized spacial score (nSPS) is 30.6. The highest BCUT2D eigenvalue weighted by Gasteiger charge is 2.53. The van der Waals surface area contributed by atoms with Gasteiger partial charge in [0.1, 0.15) is 6.61 Å². The summed E-state index contributed by atoms with van der Waals surface area (Å²) in [5.74, 6) is 0.281. The van der Waals surface area contributed by atoms with Crippen molar-refractivity contribution >= 4 is 12.0 Å². The maximum Gasteiger partial charge on any atom is 0.407 e. The van der Waals surface area contributed by atoms with Gasteiger partial charge < -0.3 is 15.0 Å². The van der Waals surface area contributed by atoms with E-state index in [-0.39, 0.29) is 28.9 Å². The Balaban J connectivity index is 1.34. The first-order chi connectivity index (χ1) is 11.9. The molecule has 0 bridgehead atoms. The van der Waals surface area contributed by atoms with E-state index in [0.29, 0.717) is 19.4 Å². The molecule has 1 aliphatic carbocycles. The molecule has 1 N–H and O–H groups in total. The van der Waals surface area contributed by atoms with Crippen molar-refractivity contribution in [3.63, 3.8) is 0 Å². The summed E-state index contributed by atoms with van der Waals surface area (Å²) in [6.07, 6.45) is 3.07. The minimum atomic E-state index is -0.349. The van der Waals surface area contributed by atoms with Crippen LogP contribution < -0.4 is 5.32 Å². The molecule has 2 heterocycles. The predicted octanol–water partition coefficient (Wildman–Crippen LogP) is 2.76. The summed E-state index contributed by atoms with van der Waals surface area (Å²) in [4.78, 5) is 26.0. The van der Waals surface area contributed by atoms with E-state index in [2.05, 4.69) is 43.4 Å². The Morgan fingerprint density at radius 3 is 2.40 bits per heavy atom. The first kappa shape index (κ1) is 16.4. The molecule has 1 saturated carbocycles. The van der Waals surface area contributed by atoms with E-state index in [0.717, 1.165) is 25.9 Å². The van der Waals surface area contributed by atoms with Crippen LogP contribution >= 0.6 is 0 Å². The summed E-state index contributed by atoms with van der Waals surface area (Å²) >= 11 is 0. The Morgan fingerprint density at radius 2 is 1.84 bits per heavy atom. The highest BCUT2D eigenvalue weighted by atomic mass is 16.6. The molecule has 0 atom stereocenters. The van der Waals surface area contributed by atoms with Crippen LogP contribution in [-0.4, -0.2) is 42.1 Å². The molecule has 2 saturated heterocycles. The smallest absolute Gasteiger partial charge is 0.407 e. The van der Waals surface area contributed by atoms with E-state index >= 15 is 0 Å². The largest absolute Gasteiger partial charge is 0.447 e. The van der Waals surface area contributed by atoms with Crippen LogP contribution in [0.4, 0.5) is 4.79 Å². The van der Waals surface area contributed by atoms with Gasteiger partial charge in [-0.05, 0) is 43.6 Å². The van der Waals surface area contributed by atoms with Crippen LogP contribution in [0.5, 0.6) is 0 Å².